The molecule has 0 aliphatic rings. The molecule has 0 spiro atoms. The van der Waals surface area contributed by atoms with Crippen molar-refractivity contribution in [1.82, 2.24) is 15.2 Å². The maximum atomic E-state index is 12.2. The molecular formula is C21H14N4O2S2. The van der Waals surface area contributed by atoms with Crippen molar-refractivity contribution >= 4 is 55.1 Å². The number of aromatic nitrogens is 3. The fourth-order valence-corrected chi connectivity index (χ4v) is 4.36. The van der Waals surface area contributed by atoms with E-state index >= 15 is 0 Å². The maximum Gasteiger partial charge on any atom is 0.277 e. The topological polar surface area (TPSA) is 80.9 Å². The van der Waals surface area contributed by atoms with E-state index in [1.54, 1.807) is 0 Å². The molecule has 0 fully saturated rings. The van der Waals surface area contributed by atoms with Crippen LogP contribution in [0, 0.1) is 0 Å². The maximum absolute atomic E-state index is 12.2. The number of nitrogens with zero attached hydrogens (tertiary/aromatic N) is 3. The number of carbonyl (C=O) groups excluding carboxylic acids is 1. The smallest absolute Gasteiger partial charge is 0.277 e. The van der Waals surface area contributed by atoms with Crippen LogP contribution in [0.3, 0.4) is 0 Å². The molecule has 2 heterocycles. The Bertz CT molecular complexity index is 1300. The molecule has 0 atom stereocenters. The van der Waals surface area contributed by atoms with Gasteiger partial charge in [-0.3, -0.25) is 4.79 Å². The van der Waals surface area contributed by atoms with Crippen LogP contribution in [-0.2, 0) is 4.79 Å². The molecule has 0 aliphatic carbocycles. The fourth-order valence-electron chi connectivity index (χ4n) is 2.92. The van der Waals surface area contributed by atoms with Crippen LogP contribution in [0.4, 0.5) is 5.13 Å². The molecule has 8 heteroatoms. The Morgan fingerprint density at radius 3 is 2.72 bits per heavy atom. The minimum atomic E-state index is -0.167. The number of nitrogens with one attached hydrogen (secondary N) is 1. The van der Waals surface area contributed by atoms with E-state index in [2.05, 4.69) is 26.6 Å². The first-order chi connectivity index (χ1) is 14.2. The van der Waals surface area contributed by atoms with Crippen molar-refractivity contribution in [1.29, 1.82) is 0 Å². The van der Waals surface area contributed by atoms with E-state index in [-0.39, 0.29) is 11.7 Å². The number of thiazole rings is 1. The third-order valence-corrected chi connectivity index (χ3v) is 6.04. The molecule has 0 unspecified atom stereocenters. The van der Waals surface area contributed by atoms with Crippen molar-refractivity contribution in [2.24, 2.45) is 0 Å². The number of hydrogen-bond donors (Lipinski definition) is 1. The summed E-state index contributed by atoms with van der Waals surface area (Å²) >= 11 is 2.64. The van der Waals surface area contributed by atoms with Crippen LogP contribution in [0.5, 0.6) is 0 Å². The van der Waals surface area contributed by atoms with E-state index in [4.69, 9.17) is 4.42 Å². The first-order valence-corrected chi connectivity index (χ1v) is 10.7. The molecule has 0 bridgehead atoms. The molecule has 142 valence electrons. The van der Waals surface area contributed by atoms with Crippen molar-refractivity contribution in [3.8, 4) is 11.5 Å². The highest BCUT2D eigenvalue weighted by Gasteiger charge is 2.13. The van der Waals surface area contributed by atoms with E-state index in [9.17, 15) is 4.79 Å². The number of benzene rings is 3. The summed E-state index contributed by atoms with van der Waals surface area (Å²) in [6.45, 7) is 0. The van der Waals surface area contributed by atoms with Gasteiger partial charge in [-0.05, 0) is 35.0 Å². The molecule has 0 aliphatic heterocycles. The number of thioether (sulfide) groups is 1. The van der Waals surface area contributed by atoms with Gasteiger partial charge in [-0.2, -0.15) is 0 Å². The van der Waals surface area contributed by atoms with Gasteiger partial charge in [-0.15, -0.1) is 10.2 Å². The highest BCUT2D eigenvalue weighted by atomic mass is 32.2. The zero-order chi connectivity index (χ0) is 19.6. The number of fused-ring (bicyclic) bond motifs is 2. The molecule has 0 radical (unpaired) electrons. The molecule has 1 N–H and O–H groups in total. The summed E-state index contributed by atoms with van der Waals surface area (Å²) in [4.78, 5) is 16.6. The van der Waals surface area contributed by atoms with E-state index < -0.39 is 0 Å². The van der Waals surface area contributed by atoms with E-state index in [1.807, 2.05) is 60.7 Å². The molecule has 2 aromatic heterocycles. The highest BCUT2D eigenvalue weighted by Crippen LogP contribution is 2.28. The number of carbonyl (C=O) groups is 1. The highest BCUT2D eigenvalue weighted by molar-refractivity contribution is 7.99. The summed E-state index contributed by atoms with van der Waals surface area (Å²) in [5.41, 5.74) is 1.72. The second-order valence-corrected chi connectivity index (χ2v) is 8.22. The van der Waals surface area contributed by atoms with Crippen LogP contribution in [-0.4, -0.2) is 26.8 Å². The minimum Gasteiger partial charge on any atom is -0.411 e. The SMILES string of the molecule is O=C(CSc1nnc(-c2ccc3ccccc3c2)o1)Nc1nc2ccccc2s1. The van der Waals surface area contributed by atoms with Gasteiger partial charge in [0.05, 0.1) is 16.0 Å². The van der Waals surface area contributed by atoms with Gasteiger partial charge in [0.2, 0.25) is 11.8 Å². The Morgan fingerprint density at radius 1 is 1.00 bits per heavy atom. The Morgan fingerprint density at radius 2 is 1.83 bits per heavy atom. The van der Waals surface area contributed by atoms with Crippen molar-refractivity contribution in [2.75, 3.05) is 11.1 Å². The number of amides is 1. The van der Waals surface area contributed by atoms with Gasteiger partial charge in [-0.25, -0.2) is 4.98 Å². The number of para-hydroxylation sites is 1. The van der Waals surface area contributed by atoms with Gasteiger partial charge in [0.1, 0.15) is 0 Å². The zero-order valence-electron chi connectivity index (χ0n) is 15.0. The summed E-state index contributed by atoms with van der Waals surface area (Å²) in [6, 6.07) is 21.8. The van der Waals surface area contributed by atoms with Gasteiger partial charge in [0, 0.05) is 5.56 Å². The van der Waals surface area contributed by atoms with E-state index in [1.165, 1.54) is 23.1 Å². The Kier molecular flexibility index (Phi) is 4.71. The molecule has 5 rings (SSSR count). The lowest BCUT2D eigenvalue weighted by Gasteiger charge is -2.00. The Balaban J connectivity index is 1.24. The molecule has 0 saturated carbocycles. The second kappa shape index (κ2) is 7.65. The van der Waals surface area contributed by atoms with Gasteiger partial charge >= 0.3 is 0 Å². The molecule has 29 heavy (non-hydrogen) atoms. The standard InChI is InChI=1S/C21H14N4O2S2/c26-18(23-20-22-16-7-3-4-8-17(16)29-20)12-28-21-25-24-19(27-21)15-10-9-13-5-1-2-6-14(13)11-15/h1-11H,12H2,(H,22,23,26). The van der Waals surface area contributed by atoms with Crippen LogP contribution in [0.1, 0.15) is 0 Å². The molecule has 6 nitrogen and oxygen atoms in total. The third kappa shape index (κ3) is 3.85. The van der Waals surface area contributed by atoms with Gasteiger partial charge in [-0.1, -0.05) is 65.6 Å². The van der Waals surface area contributed by atoms with Gasteiger partial charge in [0.15, 0.2) is 5.13 Å². The van der Waals surface area contributed by atoms with Crippen molar-refractivity contribution < 1.29 is 9.21 Å². The third-order valence-electron chi connectivity index (χ3n) is 4.27. The van der Waals surface area contributed by atoms with Crippen molar-refractivity contribution in [3.63, 3.8) is 0 Å². The number of rotatable bonds is 5. The quantitative estimate of drug-likeness (QED) is 0.394. The lowest BCUT2D eigenvalue weighted by atomic mass is 10.1. The summed E-state index contributed by atoms with van der Waals surface area (Å²) in [7, 11) is 0. The first kappa shape index (κ1) is 17.8. The largest absolute Gasteiger partial charge is 0.411 e. The summed E-state index contributed by atoms with van der Waals surface area (Å²) in [6.07, 6.45) is 0. The average Bonchev–Trinajstić information content (AvgIpc) is 3.38. The van der Waals surface area contributed by atoms with E-state index in [0.29, 0.717) is 16.2 Å². The summed E-state index contributed by atoms with van der Waals surface area (Å²) in [5.74, 6) is 0.430. The van der Waals surface area contributed by atoms with Crippen LogP contribution < -0.4 is 5.32 Å². The summed E-state index contributed by atoms with van der Waals surface area (Å²) in [5, 5.41) is 14.2. The van der Waals surface area contributed by atoms with Crippen LogP contribution in [0.15, 0.2) is 76.4 Å². The molecule has 5 aromatic rings. The number of hydrogen-bond acceptors (Lipinski definition) is 7. The minimum absolute atomic E-state index is 0.162. The number of anilines is 1. The predicted molar refractivity (Wildman–Crippen MR) is 116 cm³/mol. The van der Waals surface area contributed by atoms with Crippen LogP contribution >= 0.6 is 23.1 Å². The molecule has 1 amide bonds. The molecular weight excluding hydrogens is 404 g/mol. The summed E-state index contributed by atoms with van der Waals surface area (Å²) < 4.78 is 6.75. The monoisotopic (exact) mass is 418 g/mol. The molecule has 3 aromatic carbocycles. The van der Waals surface area contributed by atoms with Gasteiger partial charge < -0.3 is 9.73 Å². The van der Waals surface area contributed by atoms with Gasteiger partial charge in [0.25, 0.3) is 5.22 Å². The van der Waals surface area contributed by atoms with Crippen molar-refractivity contribution in [2.45, 2.75) is 5.22 Å². The van der Waals surface area contributed by atoms with Crippen LogP contribution in [0.25, 0.3) is 32.4 Å². The normalized spacial score (nSPS) is 11.2. The zero-order valence-corrected chi connectivity index (χ0v) is 16.7. The first-order valence-electron chi connectivity index (χ1n) is 8.85. The lowest BCUT2D eigenvalue weighted by Crippen LogP contribution is -2.13. The predicted octanol–water partition coefficient (Wildman–Crippen LogP) is 5.23. The fraction of sp³-hybridized carbons (Fsp3) is 0.0476. The lowest BCUT2D eigenvalue weighted by molar-refractivity contribution is -0.113. The average molecular weight is 419 g/mol. The second-order valence-electron chi connectivity index (χ2n) is 6.26. The van der Waals surface area contributed by atoms with E-state index in [0.717, 1.165) is 26.6 Å². The van der Waals surface area contributed by atoms with Crippen LogP contribution in [0.2, 0.25) is 0 Å². The Labute approximate surface area is 174 Å². The Hall–Kier alpha value is -3.23. The van der Waals surface area contributed by atoms with Crippen molar-refractivity contribution in [3.05, 3.63) is 66.7 Å². The molecule has 0 saturated heterocycles.